The Hall–Kier alpha value is -2.59. The summed E-state index contributed by atoms with van der Waals surface area (Å²) in [5.41, 5.74) is 3.74. The molecule has 4 nitrogen and oxygen atoms in total. The third-order valence-corrected chi connectivity index (χ3v) is 3.56. The van der Waals surface area contributed by atoms with Crippen molar-refractivity contribution in [3.05, 3.63) is 65.4 Å². The van der Waals surface area contributed by atoms with E-state index in [1.165, 1.54) is 0 Å². The lowest BCUT2D eigenvalue weighted by Gasteiger charge is -2.09. The predicted molar refractivity (Wildman–Crippen MR) is 83.4 cm³/mol. The normalized spacial score (nSPS) is 10.8. The molecule has 0 atom stereocenters. The van der Waals surface area contributed by atoms with Crippen LogP contribution in [0.25, 0.3) is 10.9 Å². The minimum Gasteiger partial charge on any atom is -0.392 e. The zero-order valence-electron chi connectivity index (χ0n) is 11.7. The molecule has 21 heavy (non-hydrogen) atoms. The molecular formula is C17H16N2O2. The van der Waals surface area contributed by atoms with E-state index in [2.05, 4.69) is 10.3 Å². The number of hydrogen-bond donors (Lipinski definition) is 3. The summed E-state index contributed by atoms with van der Waals surface area (Å²) >= 11 is 0. The minimum absolute atomic E-state index is 0.108. The lowest BCUT2D eigenvalue weighted by atomic mass is 10.1. The summed E-state index contributed by atoms with van der Waals surface area (Å²) in [6.07, 6.45) is 0. The van der Waals surface area contributed by atoms with E-state index in [-0.39, 0.29) is 12.5 Å². The first-order valence-corrected chi connectivity index (χ1v) is 6.78. The second kappa shape index (κ2) is 5.42. The highest BCUT2D eigenvalue weighted by Gasteiger charge is 2.16. The molecule has 0 radical (unpaired) electrons. The lowest BCUT2D eigenvalue weighted by molar-refractivity contribution is 0.102. The van der Waals surface area contributed by atoms with E-state index in [0.29, 0.717) is 16.8 Å². The summed E-state index contributed by atoms with van der Waals surface area (Å²) in [7, 11) is 0. The van der Waals surface area contributed by atoms with Gasteiger partial charge in [0, 0.05) is 27.8 Å². The highest BCUT2D eigenvalue weighted by atomic mass is 16.3. The second-order valence-corrected chi connectivity index (χ2v) is 4.94. The van der Waals surface area contributed by atoms with Crippen molar-refractivity contribution in [3.63, 3.8) is 0 Å². The van der Waals surface area contributed by atoms with E-state index in [0.717, 1.165) is 16.6 Å². The number of fused-ring (bicyclic) bond motifs is 1. The van der Waals surface area contributed by atoms with Gasteiger partial charge in [0.2, 0.25) is 0 Å². The first-order chi connectivity index (χ1) is 10.2. The van der Waals surface area contributed by atoms with Gasteiger partial charge in [-0.3, -0.25) is 4.79 Å². The number of hydrogen-bond acceptors (Lipinski definition) is 2. The number of aryl methyl sites for hydroxylation is 1. The van der Waals surface area contributed by atoms with Crippen molar-refractivity contribution in [1.29, 1.82) is 0 Å². The molecular weight excluding hydrogens is 264 g/mol. The van der Waals surface area contributed by atoms with E-state index >= 15 is 0 Å². The number of rotatable bonds is 3. The van der Waals surface area contributed by atoms with Crippen molar-refractivity contribution in [2.24, 2.45) is 0 Å². The van der Waals surface area contributed by atoms with Crippen LogP contribution in [0.4, 0.5) is 5.69 Å². The molecule has 0 unspecified atom stereocenters. The number of anilines is 1. The average Bonchev–Trinajstić information content (AvgIpc) is 2.83. The van der Waals surface area contributed by atoms with Crippen LogP contribution in [0, 0.1) is 6.92 Å². The lowest BCUT2D eigenvalue weighted by Crippen LogP contribution is -2.14. The van der Waals surface area contributed by atoms with E-state index in [9.17, 15) is 9.90 Å². The summed E-state index contributed by atoms with van der Waals surface area (Å²) in [4.78, 5) is 15.8. The second-order valence-electron chi connectivity index (χ2n) is 4.94. The number of H-pyrrole nitrogens is 1. The molecule has 3 rings (SSSR count). The monoisotopic (exact) mass is 280 g/mol. The summed E-state index contributed by atoms with van der Waals surface area (Å²) in [6, 6.07) is 14.9. The Morgan fingerprint density at radius 1 is 1.14 bits per heavy atom. The zero-order chi connectivity index (χ0) is 14.8. The van der Waals surface area contributed by atoms with Gasteiger partial charge in [-0.25, -0.2) is 0 Å². The average molecular weight is 280 g/mol. The molecule has 4 heteroatoms. The molecule has 3 N–H and O–H groups in total. The molecule has 2 aromatic carbocycles. The van der Waals surface area contributed by atoms with E-state index in [1.807, 2.05) is 43.3 Å². The van der Waals surface area contributed by atoms with Crippen molar-refractivity contribution in [2.75, 3.05) is 5.32 Å². The third-order valence-electron chi connectivity index (χ3n) is 3.56. The maximum Gasteiger partial charge on any atom is 0.258 e. The van der Waals surface area contributed by atoms with Crippen LogP contribution in [0.5, 0.6) is 0 Å². The fourth-order valence-electron chi connectivity index (χ4n) is 2.53. The topological polar surface area (TPSA) is 65.1 Å². The van der Waals surface area contributed by atoms with Crippen molar-refractivity contribution in [1.82, 2.24) is 4.98 Å². The van der Waals surface area contributed by atoms with Crippen LogP contribution in [0.1, 0.15) is 21.6 Å². The van der Waals surface area contributed by atoms with Crippen molar-refractivity contribution in [2.45, 2.75) is 13.5 Å². The molecule has 1 amide bonds. The quantitative estimate of drug-likeness (QED) is 0.689. The number of carbonyl (C=O) groups is 1. The van der Waals surface area contributed by atoms with Gasteiger partial charge in [-0.15, -0.1) is 0 Å². The SMILES string of the molecule is Cc1[nH]c2ccccc2c1C(=O)Nc1ccccc1CO. The van der Waals surface area contributed by atoms with Gasteiger partial charge in [0.1, 0.15) is 0 Å². The van der Waals surface area contributed by atoms with Crippen LogP contribution >= 0.6 is 0 Å². The Balaban J connectivity index is 1.99. The Labute approximate surface area is 122 Å². The summed E-state index contributed by atoms with van der Waals surface area (Å²) in [5.74, 6) is -0.175. The third kappa shape index (κ3) is 2.41. The minimum atomic E-state index is -0.175. The first kappa shape index (κ1) is 13.4. The molecule has 0 aliphatic heterocycles. The number of aromatic nitrogens is 1. The number of aliphatic hydroxyl groups excluding tert-OH is 1. The predicted octanol–water partition coefficient (Wildman–Crippen LogP) is 3.22. The number of amides is 1. The van der Waals surface area contributed by atoms with Crippen LogP contribution in [-0.2, 0) is 6.61 Å². The van der Waals surface area contributed by atoms with Gasteiger partial charge in [-0.1, -0.05) is 36.4 Å². The van der Waals surface area contributed by atoms with E-state index in [4.69, 9.17) is 0 Å². The molecule has 1 aromatic heterocycles. The molecule has 0 saturated carbocycles. The largest absolute Gasteiger partial charge is 0.392 e. The van der Waals surface area contributed by atoms with Crippen molar-refractivity contribution in [3.8, 4) is 0 Å². The Kier molecular flexibility index (Phi) is 3.46. The maximum absolute atomic E-state index is 12.6. The molecule has 0 saturated heterocycles. The molecule has 0 spiro atoms. The first-order valence-electron chi connectivity index (χ1n) is 6.78. The Morgan fingerprint density at radius 2 is 1.86 bits per heavy atom. The van der Waals surface area contributed by atoms with Crippen LogP contribution in [0.2, 0.25) is 0 Å². The van der Waals surface area contributed by atoms with Crippen LogP contribution in [0.3, 0.4) is 0 Å². The smallest absolute Gasteiger partial charge is 0.258 e. The van der Waals surface area contributed by atoms with E-state index in [1.54, 1.807) is 12.1 Å². The maximum atomic E-state index is 12.6. The van der Waals surface area contributed by atoms with Crippen molar-refractivity contribution < 1.29 is 9.90 Å². The molecule has 0 aliphatic rings. The number of carbonyl (C=O) groups excluding carboxylic acids is 1. The molecule has 106 valence electrons. The van der Waals surface area contributed by atoms with Gasteiger partial charge in [0.05, 0.1) is 12.2 Å². The molecule has 0 bridgehead atoms. The Morgan fingerprint density at radius 3 is 2.67 bits per heavy atom. The Bertz CT molecular complexity index is 805. The standard InChI is InChI=1S/C17H16N2O2/c1-11-16(13-7-3-5-9-15(13)18-11)17(21)19-14-8-4-2-6-12(14)10-20/h2-9,18,20H,10H2,1H3,(H,19,21). The fraction of sp³-hybridized carbons (Fsp3) is 0.118. The summed E-state index contributed by atoms with van der Waals surface area (Å²) in [6.45, 7) is 1.77. The number of para-hydroxylation sites is 2. The molecule has 1 heterocycles. The van der Waals surface area contributed by atoms with Gasteiger partial charge in [0.25, 0.3) is 5.91 Å². The highest BCUT2D eigenvalue weighted by molar-refractivity contribution is 6.14. The molecule has 3 aromatic rings. The molecule has 0 aliphatic carbocycles. The number of benzene rings is 2. The van der Waals surface area contributed by atoms with Crippen molar-refractivity contribution >= 4 is 22.5 Å². The van der Waals surface area contributed by atoms with Gasteiger partial charge in [0.15, 0.2) is 0 Å². The number of aromatic amines is 1. The van der Waals surface area contributed by atoms with Gasteiger partial charge in [-0.05, 0) is 19.1 Å². The zero-order valence-corrected chi connectivity index (χ0v) is 11.7. The molecule has 0 fully saturated rings. The van der Waals surface area contributed by atoms with Crippen LogP contribution in [0.15, 0.2) is 48.5 Å². The van der Waals surface area contributed by atoms with E-state index < -0.39 is 0 Å². The summed E-state index contributed by atoms with van der Waals surface area (Å²) in [5, 5.41) is 13.1. The number of nitrogens with one attached hydrogen (secondary N) is 2. The van der Waals surface area contributed by atoms with Gasteiger partial charge < -0.3 is 15.4 Å². The summed E-state index contributed by atoms with van der Waals surface area (Å²) < 4.78 is 0. The van der Waals surface area contributed by atoms with Crippen LogP contribution in [-0.4, -0.2) is 16.0 Å². The fourth-order valence-corrected chi connectivity index (χ4v) is 2.53. The van der Waals surface area contributed by atoms with Gasteiger partial charge >= 0.3 is 0 Å². The van der Waals surface area contributed by atoms with Crippen LogP contribution < -0.4 is 5.32 Å². The van der Waals surface area contributed by atoms with Gasteiger partial charge in [-0.2, -0.15) is 0 Å². The number of aliphatic hydroxyl groups is 1. The highest BCUT2D eigenvalue weighted by Crippen LogP contribution is 2.24.